The van der Waals surface area contributed by atoms with E-state index in [0.29, 0.717) is 32.1 Å². The molecule has 19 heteroatoms. The third-order valence-corrected chi connectivity index (χ3v) is 18.1. The zero-order valence-electron chi connectivity index (χ0n) is 63.7. The molecule has 0 aromatic heterocycles. The highest BCUT2D eigenvalue weighted by Gasteiger charge is 2.30. The Morgan fingerprint density at radius 3 is 0.853 bits per heavy atom. The van der Waals surface area contributed by atoms with Crippen LogP contribution >= 0.6 is 15.6 Å². The van der Waals surface area contributed by atoms with Crippen molar-refractivity contribution in [2.45, 2.75) is 329 Å². The van der Waals surface area contributed by atoms with Gasteiger partial charge >= 0.3 is 39.5 Å². The lowest BCUT2D eigenvalue weighted by atomic mass is 10.0. The Morgan fingerprint density at radius 1 is 0.294 bits per heavy atom. The van der Waals surface area contributed by atoms with Gasteiger partial charge < -0.3 is 33.8 Å². The Kier molecular flexibility index (Phi) is 71.0. The molecule has 0 bridgehead atoms. The van der Waals surface area contributed by atoms with Crippen molar-refractivity contribution >= 4 is 39.5 Å². The molecule has 0 fully saturated rings. The van der Waals surface area contributed by atoms with Crippen LogP contribution in [0.5, 0.6) is 0 Å². The number of hydrogen-bond acceptors (Lipinski definition) is 15. The fourth-order valence-corrected chi connectivity index (χ4v) is 11.8. The highest BCUT2D eigenvalue weighted by atomic mass is 31.2. The average Bonchev–Trinajstić information content (AvgIpc) is 0.908. The van der Waals surface area contributed by atoms with Crippen molar-refractivity contribution in [3.8, 4) is 0 Å². The van der Waals surface area contributed by atoms with Crippen LogP contribution in [0, 0.1) is 0 Å². The maximum Gasteiger partial charge on any atom is 0.472 e. The van der Waals surface area contributed by atoms with Gasteiger partial charge in [-0.25, -0.2) is 9.13 Å². The van der Waals surface area contributed by atoms with Gasteiger partial charge in [0.25, 0.3) is 0 Å². The topological polar surface area (TPSA) is 237 Å². The van der Waals surface area contributed by atoms with Crippen LogP contribution in [0.25, 0.3) is 0 Å². The molecule has 0 aliphatic heterocycles. The molecule has 0 rings (SSSR count). The number of carbonyl (C=O) groups is 4. The van der Waals surface area contributed by atoms with Gasteiger partial charge in [-0.3, -0.25) is 37.3 Å². The molecule has 0 saturated carbocycles. The third-order valence-electron chi connectivity index (χ3n) is 16.2. The zero-order valence-corrected chi connectivity index (χ0v) is 65.5. The van der Waals surface area contributed by atoms with Crippen LogP contribution in [-0.4, -0.2) is 96.7 Å². The first-order chi connectivity index (χ1) is 49.7. The molecule has 0 heterocycles. The van der Waals surface area contributed by atoms with Crippen molar-refractivity contribution in [2.24, 2.45) is 0 Å². The van der Waals surface area contributed by atoms with Crippen molar-refractivity contribution in [1.82, 2.24) is 0 Å². The van der Waals surface area contributed by atoms with Crippen LogP contribution < -0.4 is 0 Å². The average molecular weight is 1470 g/mol. The summed E-state index contributed by atoms with van der Waals surface area (Å²) >= 11 is 0. The minimum atomic E-state index is -5.00. The van der Waals surface area contributed by atoms with Gasteiger partial charge in [-0.1, -0.05) is 328 Å². The molecule has 0 radical (unpaired) electrons. The monoisotopic (exact) mass is 1470 g/mol. The number of esters is 4. The fraction of sp³-hybridized carbons (Fsp3) is 0.687. The smallest absolute Gasteiger partial charge is 0.462 e. The van der Waals surface area contributed by atoms with Gasteiger partial charge in [0.2, 0.25) is 0 Å². The van der Waals surface area contributed by atoms with Crippen molar-refractivity contribution < 1.29 is 80.2 Å². The largest absolute Gasteiger partial charge is 0.472 e. The lowest BCUT2D eigenvalue weighted by Crippen LogP contribution is -2.30. The van der Waals surface area contributed by atoms with E-state index in [1.54, 1.807) is 6.08 Å². The minimum absolute atomic E-state index is 0.0338. The van der Waals surface area contributed by atoms with E-state index in [9.17, 15) is 43.2 Å². The number of aliphatic hydroxyl groups is 1. The van der Waals surface area contributed by atoms with Crippen LogP contribution in [0.15, 0.2) is 134 Å². The first-order valence-electron chi connectivity index (χ1n) is 39.4. The van der Waals surface area contributed by atoms with Gasteiger partial charge in [-0.15, -0.1) is 0 Å². The molecule has 0 aromatic carbocycles. The molecule has 0 aliphatic carbocycles. The first-order valence-corrected chi connectivity index (χ1v) is 42.4. The third kappa shape index (κ3) is 73.5. The molecule has 0 spiro atoms. The van der Waals surface area contributed by atoms with E-state index >= 15 is 0 Å². The summed E-state index contributed by atoms with van der Waals surface area (Å²) in [5.41, 5.74) is 0. The minimum Gasteiger partial charge on any atom is -0.462 e. The lowest BCUT2D eigenvalue weighted by molar-refractivity contribution is -0.161. The molecular formula is C83H140O17P2. The summed E-state index contributed by atoms with van der Waals surface area (Å²) in [4.78, 5) is 72.8. The van der Waals surface area contributed by atoms with Crippen LogP contribution in [-0.2, 0) is 65.4 Å². The molecule has 0 amide bonds. The second kappa shape index (κ2) is 74.5. The normalized spacial score (nSPS) is 14.6. The molecule has 17 nitrogen and oxygen atoms in total. The first kappa shape index (κ1) is 97.2. The number of ether oxygens (including phenoxy) is 4. The number of phosphoric acid groups is 2. The van der Waals surface area contributed by atoms with Crippen molar-refractivity contribution in [3.63, 3.8) is 0 Å². The highest BCUT2D eigenvalue weighted by Crippen LogP contribution is 2.45. The maximum absolute atomic E-state index is 13.1. The van der Waals surface area contributed by atoms with Gasteiger partial charge in [-0.2, -0.15) is 0 Å². The van der Waals surface area contributed by atoms with Gasteiger partial charge in [0, 0.05) is 19.3 Å². The molecule has 584 valence electrons. The van der Waals surface area contributed by atoms with Crippen molar-refractivity contribution in [1.29, 1.82) is 0 Å². The molecule has 0 aromatic rings. The summed E-state index contributed by atoms with van der Waals surface area (Å²) in [6, 6.07) is 0. The summed E-state index contributed by atoms with van der Waals surface area (Å²) < 4.78 is 68.4. The molecule has 0 aliphatic rings. The Hall–Kier alpha value is -4.80. The number of allylic oxidation sites excluding steroid dienone is 21. The Bertz CT molecular complexity index is 2460. The van der Waals surface area contributed by atoms with Crippen LogP contribution in [0.3, 0.4) is 0 Å². The molecule has 3 N–H and O–H groups in total. The van der Waals surface area contributed by atoms with E-state index < -0.39 is 97.5 Å². The standard InChI is InChI=1S/C83H140O17P2/c1-5-9-13-17-21-25-29-33-36-37-38-39-42-45-48-52-56-60-64-68-81(86)94-73-78(99-82(87)69-65-61-57-53-49-43-32-28-24-20-16-12-8-4)75-97-101(89,90)95-71-77(84)72-96-102(91,92)98-76-79(100-83(88)70-66-62-58-54-50-46-41-35-31-27-23-19-15-11-7-3)74-93-80(85)67-63-59-55-51-47-44-40-34-30-26-22-18-14-10-6-2/h9-10,13-14,21-22,25-26,33-34,36,38-40,45,47-48,51,56,59-60,63,77-79,84H,5-8,11-12,15-20,23-24,27-32,35,37,41-44,46,49-50,52-55,57-58,61-62,64-76H2,1-4H3,(H,89,90)(H,91,92)/b13-9-,14-10-,25-21-,26-22-,36-33-,39-38-,40-34-,48-45-,51-47-,60-56-,63-59-. The van der Waals surface area contributed by atoms with Gasteiger partial charge in [-0.05, 0) is 89.9 Å². The van der Waals surface area contributed by atoms with Gasteiger partial charge in [0.1, 0.15) is 19.3 Å². The SMILES string of the molecule is CC/C=C\C/C=C\C/C=C\C/C=C\C/C=C\C/C=C\CCC(=O)OCC(COP(=O)(O)OCC(O)COP(=O)(O)OCC(COC(=O)C/C=C\C/C=C\C/C=C\C/C=C\C/C=C\CC)OC(=O)CCCCCCCCCCCCCCCCC)OC(=O)CCCCCCCCCCCCCCC. The van der Waals surface area contributed by atoms with Gasteiger partial charge in [0.15, 0.2) is 12.2 Å². The molecule has 102 heavy (non-hydrogen) atoms. The van der Waals surface area contributed by atoms with E-state index in [0.717, 1.165) is 109 Å². The van der Waals surface area contributed by atoms with Crippen molar-refractivity contribution in [3.05, 3.63) is 134 Å². The summed E-state index contributed by atoms with van der Waals surface area (Å²) in [6.45, 7) is 4.47. The predicted molar refractivity (Wildman–Crippen MR) is 418 cm³/mol. The van der Waals surface area contributed by atoms with Crippen LogP contribution in [0.4, 0.5) is 0 Å². The van der Waals surface area contributed by atoms with E-state index in [-0.39, 0.29) is 25.7 Å². The number of unbranched alkanes of at least 4 members (excludes halogenated alkanes) is 26. The van der Waals surface area contributed by atoms with E-state index in [4.69, 9.17) is 37.0 Å². The second-order valence-electron chi connectivity index (χ2n) is 25.9. The summed E-state index contributed by atoms with van der Waals surface area (Å²) in [6.07, 6.45) is 83.4. The molecule has 5 unspecified atom stereocenters. The number of rotatable bonds is 73. The number of hydrogen-bond donors (Lipinski definition) is 3. The summed E-state index contributed by atoms with van der Waals surface area (Å²) in [5.74, 6) is -2.41. The molecule has 0 saturated heterocycles. The quantitative estimate of drug-likeness (QED) is 0.0169. The number of aliphatic hydroxyl groups excluding tert-OH is 1. The Morgan fingerprint density at radius 2 is 0.549 bits per heavy atom. The van der Waals surface area contributed by atoms with Crippen molar-refractivity contribution in [2.75, 3.05) is 39.6 Å². The van der Waals surface area contributed by atoms with E-state index in [2.05, 4.69) is 119 Å². The van der Waals surface area contributed by atoms with E-state index in [1.165, 1.54) is 116 Å². The number of carbonyl (C=O) groups excluding carboxylic acids is 4. The summed E-state index contributed by atoms with van der Waals surface area (Å²) in [7, 11) is -10.00. The number of phosphoric ester groups is 2. The second-order valence-corrected chi connectivity index (χ2v) is 28.8. The maximum atomic E-state index is 13.1. The zero-order chi connectivity index (χ0) is 74.6. The van der Waals surface area contributed by atoms with Crippen LogP contribution in [0.1, 0.15) is 310 Å². The van der Waals surface area contributed by atoms with Crippen LogP contribution in [0.2, 0.25) is 0 Å². The highest BCUT2D eigenvalue weighted by molar-refractivity contribution is 7.47. The molecular weight excluding hydrogens is 1330 g/mol. The Labute approximate surface area is 618 Å². The van der Waals surface area contributed by atoms with E-state index in [1.807, 2.05) is 36.5 Å². The predicted octanol–water partition coefficient (Wildman–Crippen LogP) is 22.9. The molecule has 5 atom stereocenters. The van der Waals surface area contributed by atoms with Gasteiger partial charge in [0.05, 0.1) is 32.8 Å². The lowest BCUT2D eigenvalue weighted by Gasteiger charge is -2.21. The summed E-state index contributed by atoms with van der Waals surface area (Å²) in [5, 5.41) is 10.6. The fourth-order valence-electron chi connectivity index (χ4n) is 10.3. The Balaban J connectivity index is 5.46.